The molecule has 1 aliphatic heterocycles. The maximum Gasteiger partial charge on any atom is 0.416 e. The van der Waals surface area contributed by atoms with Gasteiger partial charge in [-0.1, -0.05) is 36.4 Å². The quantitative estimate of drug-likeness (QED) is 0.397. The van der Waals surface area contributed by atoms with Crippen LogP contribution in [-0.4, -0.2) is 51.5 Å². The number of nitrogens with zero attached hydrogens (tertiary/aromatic N) is 1. The van der Waals surface area contributed by atoms with Gasteiger partial charge >= 0.3 is 17.9 Å². The molecule has 1 aliphatic rings. The number of halogens is 3. The Morgan fingerprint density at radius 1 is 0.821 bits per heavy atom. The molecule has 0 atom stereocenters. The van der Waals surface area contributed by atoms with Crippen molar-refractivity contribution in [2.45, 2.75) is 44.3 Å². The number of likely N-dealkylation sites (tertiary alicyclic amines) is 1. The first kappa shape index (κ1) is 28.0. The highest BCUT2D eigenvalue weighted by Crippen LogP contribution is 2.41. The van der Waals surface area contributed by atoms with E-state index >= 15 is 0 Å². The number of para-hydroxylation sites is 2. The minimum absolute atomic E-state index is 0.0465. The summed E-state index contributed by atoms with van der Waals surface area (Å²) in [5, 5.41) is 22.4. The zero-order chi connectivity index (χ0) is 28.4. The van der Waals surface area contributed by atoms with E-state index < -0.39 is 35.0 Å². The Morgan fingerprint density at radius 2 is 1.28 bits per heavy atom. The van der Waals surface area contributed by atoms with E-state index in [0.717, 1.165) is 24.3 Å². The van der Waals surface area contributed by atoms with Gasteiger partial charge in [-0.25, -0.2) is 4.79 Å². The molecule has 10 heteroatoms. The van der Waals surface area contributed by atoms with E-state index in [-0.39, 0.29) is 43.0 Å². The van der Waals surface area contributed by atoms with Crippen LogP contribution in [0.4, 0.5) is 13.2 Å². The van der Waals surface area contributed by atoms with E-state index in [9.17, 15) is 33.0 Å². The van der Waals surface area contributed by atoms with Crippen molar-refractivity contribution in [3.05, 3.63) is 95.1 Å². The smallest absolute Gasteiger partial charge is 0.416 e. The number of amides is 1. The lowest BCUT2D eigenvalue weighted by molar-refractivity contribution is -0.255. The van der Waals surface area contributed by atoms with Crippen LogP contribution >= 0.6 is 0 Å². The van der Waals surface area contributed by atoms with Gasteiger partial charge in [-0.2, -0.15) is 13.2 Å². The number of aliphatic carboxylic acids is 1. The molecule has 0 radical (unpaired) electrons. The molecule has 7 nitrogen and oxygen atoms in total. The number of aryl methyl sites for hydroxylation is 2. The minimum Gasteiger partial charge on any atom is -0.475 e. The van der Waals surface area contributed by atoms with Crippen molar-refractivity contribution >= 4 is 11.9 Å². The van der Waals surface area contributed by atoms with E-state index in [4.69, 9.17) is 9.47 Å². The Bertz CT molecular complexity index is 1300. The molecular weight excluding hydrogens is 515 g/mol. The van der Waals surface area contributed by atoms with Gasteiger partial charge in [0.1, 0.15) is 11.5 Å². The van der Waals surface area contributed by atoms with Crippen molar-refractivity contribution in [1.29, 1.82) is 0 Å². The molecule has 206 valence electrons. The number of alkyl halides is 3. The van der Waals surface area contributed by atoms with Crippen LogP contribution in [0.3, 0.4) is 0 Å². The number of benzene rings is 3. The number of hydrogen-bond donors (Lipinski definition) is 2. The third-order valence-corrected chi connectivity index (χ3v) is 6.93. The summed E-state index contributed by atoms with van der Waals surface area (Å²) in [5.74, 6) is -4.27. The molecule has 0 saturated carbocycles. The zero-order valence-corrected chi connectivity index (χ0v) is 21.4. The Hall–Kier alpha value is -4.05. The number of carbonyl (C=O) groups excluding carboxylic acids is 1. The predicted molar refractivity (Wildman–Crippen MR) is 136 cm³/mol. The first-order valence-electron chi connectivity index (χ1n) is 12.3. The van der Waals surface area contributed by atoms with Crippen LogP contribution in [0.2, 0.25) is 0 Å². The van der Waals surface area contributed by atoms with E-state index in [1.165, 1.54) is 4.90 Å². The lowest BCUT2D eigenvalue weighted by Gasteiger charge is -2.47. The van der Waals surface area contributed by atoms with E-state index in [1.54, 1.807) is 62.4 Å². The van der Waals surface area contributed by atoms with E-state index in [0.29, 0.717) is 11.1 Å². The fourth-order valence-corrected chi connectivity index (χ4v) is 4.54. The van der Waals surface area contributed by atoms with Gasteiger partial charge in [0.25, 0.3) is 5.91 Å². The Labute approximate surface area is 223 Å². The van der Waals surface area contributed by atoms with E-state index in [1.807, 2.05) is 0 Å². The lowest BCUT2D eigenvalue weighted by atomic mass is 9.82. The number of carboxylic acids is 1. The summed E-state index contributed by atoms with van der Waals surface area (Å²) in [5.41, 5.74) is -1.67. The fourth-order valence-electron chi connectivity index (χ4n) is 4.54. The Kier molecular flexibility index (Phi) is 7.61. The molecule has 0 aliphatic carbocycles. The summed E-state index contributed by atoms with van der Waals surface area (Å²) in [6.45, 7) is 3.29. The largest absolute Gasteiger partial charge is 0.475 e. The molecule has 39 heavy (non-hydrogen) atoms. The summed E-state index contributed by atoms with van der Waals surface area (Å²) in [6.07, 6.45) is -5.00. The van der Waals surface area contributed by atoms with Crippen molar-refractivity contribution in [2.75, 3.05) is 13.1 Å². The van der Waals surface area contributed by atoms with Gasteiger partial charge < -0.3 is 24.6 Å². The van der Waals surface area contributed by atoms with Crippen LogP contribution in [0.15, 0.2) is 72.8 Å². The zero-order valence-electron chi connectivity index (χ0n) is 21.4. The van der Waals surface area contributed by atoms with Crippen LogP contribution in [0, 0.1) is 13.8 Å². The van der Waals surface area contributed by atoms with Crippen molar-refractivity contribution in [2.24, 2.45) is 0 Å². The number of ether oxygens (including phenoxy) is 2. The molecule has 2 N–H and O–H groups in total. The summed E-state index contributed by atoms with van der Waals surface area (Å²) in [4.78, 5) is 27.3. The molecule has 1 heterocycles. The minimum atomic E-state index is -4.53. The SMILES string of the molecule is Cc1ccccc1OC(Oc1ccccc1C)(C(=O)O)C1(O)CCN(C(=O)c2ccc(C(F)(F)F)cc2)CC1. The van der Waals surface area contributed by atoms with Crippen LogP contribution in [0.25, 0.3) is 0 Å². The highest BCUT2D eigenvalue weighted by atomic mass is 19.4. The molecule has 0 bridgehead atoms. The van der Waals surface area contributed by atoms with Gasteiger partial charge in [0.05, 0.1) is 5.56 Å². The van der Waals surface area contributed by atoms with Crippen molar-refractivity contribution < 1.29 is 42.4 Å². The number of rotatable bonds is 7. The highest BCUT2D eigenvalue weighted by Gasteiger charge is 2.63. The molecule has 1 fully saturated rings. The third kappa shape index (κ3) is 5.56. The van der Waals surface area contributed by atoms with Gasteiger partial charge in [-0.3, -0.25) is 4.79 Å². The average molecular weight is 544 g/mol. The Morgan fingerprint density at radius 3 is 1.69 bits per heavy atom. The summed E-state index contributed by atoms with van der Waals surface area (Å²) in [6, 6.07) is 17.3. The molecule has 3 aromatic rings. The van der Waals surface area contributed by atoms with Crippen LogP contribution in [0.5, 0.6) is 11.5 Å². The normalized spacial score (nSPS) is 15.5. The number of carboxylic acid groups (broad SMARTS) is 1. The molecule has 1 amide bonds. The molecular formula is C29H28F3NO6. The first-order chi connectivity index (χ1) is 18.4. The summed E-state index contributed by atoms with van der Waals surface area (Å²) >= 11 is 0. The van der Waals surface area contributed by atoms with Gasteiger partial charge in [0.15, 0.2) is 5.60 Å². The molecule has 0 spiro atoms. The maximum absolute atomic E-state index is 13.0. The number of carbonyl (C=O) groups is 2. The third-order valence-electron chi connectivity index (χ3n) is 6.93. The van der Waals surface area contributed by atoms with Gasteiger partial charge in [0, 0.05) is 31.5 Å². The van der Waals surface area contributed by atoms with Crippen LogP contribution in [-0.2, 0) is 11.0 Å². The Balaban J connectivity index is 1.64. The monoisotopic (exact) mass is 543 g/mol. The summed E-state index contributed by atoms with van der Waals surface area (Å²) in [7, 11) is 0. The second kappa shape index (κ2) is 10.6. The van der Waals surface area contributed by atoms with Gasteiger partial charge in [0.2, 0.25) is 0 Å². The molecule has 4 rings (SSSR count). The van der Waals surface area contributed by atoms with Crippen molar-refractivity contribution in [3.63, 3.8) is 0 Å². The number of aliphatic hydroxyl groups is 1. The number of piperidine rings is 1. The average Bonchev–Trinajstić information content (AvgIpc) is 2.90. The standard InChI is InChI=1S/C29H28F3NO6/c1-19-7-3-5-9-23(19)38-28(26(35)36,39-24-10-6-4-8-20(24)2)27(37)15-17-33(18-16-27)25(34)21-11-13-22(14-12-21)29(30,31)32/h3-14,37H,15-18H2,1-2H3,(H,35,36). The van der Waals surface area contributed by atoms with Crippen molar-refractivity contribution in [3.8, 4) is 11.5 Å². The highest BCUT2D eigenvalue weighted by molar-refractivity contribution is 5.94. The molecule has 3 aromatic carbocycles. The van der Waals surface area contributed by atoms with Crippen molar-refractivity contribution in [1.82, 2.24) is 4.90 Å². The predicted octanol–water partition coefficient (Wildman–Crippen LogP) is 5.23. The second-order valence-electron chi connectivity index (χ2n) is 9.56. The number of hydrogen-bond acceptors (Lipinski definition) is 5. The first-order valence-corrected chi connectivity index (χ1v) is 12.3. The van der Waals surface area contributed by atoms with Gasteiger partial charge in [-0.15, -0.1) is 0 Å². The van der Waals surface area contributed by atoms with Crippen LogP contribution < -0.4 is 9.47 Å². The molecule has 0 aromatic heterocycles. The lowest BCUT2D eigenvalue weighted by Crippen LogP contribution is -2.69. The molecule has 0 unspecified atom stereocenters. The molecule has 1 saturated heterocycles. The summed E-state index contributed by atoms with van der Waals surface area (Å²) < 4.78 is 50.8. The fraction of sp³-hybridized carbons (Fsp3) is 0.310. The topological polar surface area (TPSA) is 96.3 Å². The van der Waals surface area contributed by atoms with E-state index in [2.05, 4.69) is 0 Å². The van der Waals surface area contributed by atoms with Gasteiger partial charge in [-0.05, 0) is 61.4 Å². The maximum atomic E-state index is 13.0. The van der Waals surface area contributed by atoms with Crippen LogP contribution in [0.1, 0.15) is 39.9 Å². The second-order valence-corrected chi connectivity index (χ2v) is 9.56.